The predicted octanol–water partition coefficient (Wildman–Crippen LogP) is -2.22. The fourth-order valence-electron chi connectivity index (χ4n) is 3.28. The highest BCUT2D eigenvalue weighted by molar-refractivity contribution is 5.73. The van der Waals surface area contributed by atoms with Crippen LogP contribution in [0.5, 0.6) is 0 Å². The van der Waals surface area contributed by atoms with Crippen molar-refractivity contribution in [2.75, 3.05) is 26.4 Å². The van der Waals surface area contributed by atoms with Crippen molar-refractivity contribution in [2.24, 2.45) is 17.8 Å². The lowest BCUT2D eigenvalue weighted by Gasteiger charge is -2.40. The number of rotatable bonds is 7. The van der Waals surface area contributed by atoms with E-state index in [1.54, 1.807) is 6.08 Å². The Balaban J connectivity index is 1.99. The van der Waals surface area contributed by atoms with Crippen LogP contribution in [-0.2, 0) is 19.0 Å². The van der Waals surface area contributed by atoms with Gasteiger partial charge in [0.05, 0.1) is 32.3 Å². The Morgan fingerprint density at radius 1 is 1.20 bits per heavy atom. The lowest BCUT2D eigenvalue weighted by molar-refractivity contribution is -0.303. The maximum Gasteiger partial charge on any atom is 0.311 e. The van der Waals surface area contributed by atoms with Gasteiger partial charge in [-0.3, -0.25) is 4.79 Å². The Morgan fingerprint density at radius 2 is 1.92 bits per heavy atom. The van der Waals surface area contributed by atoms with E-state index >= 15 is 0 Å². The molecule has 0 saturated carbocycles. The summed E-state index contributed by atoms with van der Waals surface area (Å²) in [5.74, 6) is -1.72. The minimum Gasteiger partial charge on any atom is -0.465 e. The van der Waals surface area contributed by atoms with Crippen LogP contribution in [0.25, 0.3) is 0 Å². The zero-order chi connectivity index (χ0) is 18.6. The smallest absolute Gasteiger partial charge is 0.311 e. The molecule has 8 atom stereocenters. The van der Waals surface area contributed by atoms with Gasteiger partial charge in [0.2, 0.25) is 0 Å². The lowest BCUT2D eigenvalue weighted by atomic mass is 9.78. The van der Waals surface area contributed by atoms with Gasteiger partial charge in [-0.15, -0.1) is 6.58 Å². The number of carbonyl (C=O) groups is 1. The number of carbonyl (C=O) groups excluding carboxylic acids is 1. The second-order valence-corrected chi connectivity index (χ2v) is 6.34. The minimum atomic E-state index is -1.52. The average molecular weight is 362 g/mol. The molecule has 2 saturated heterocycles. The molecule has 2 fully saturated rings. The summed E-state index contributed by atoms with van der Waals surface area (Å²) in [6.07, 6.45) is -4.65. The van der Waals surface area contributed by atoms with Gasteiger partial charge in [0.25, 0.3) is 0 Å². The topological polar surface area (TPSA) is 146 Å². The summed E-state index contributed by atoms with van der Waals surface area (Å²) in [6, 6.07) is 0. The highest BCUT2D eigenvalue weighted by Gasteiger charge is 2.45. The first-order valence-corrected chi connectivity index (χ1v) is 8.26. The van der Waals surface area contributed by atoms with E-state index in [9.17, 15) is 30.3 Å². The molecule has 2 aliphatic heterocycles. The molecule has 0 bridgehead atoms. The van der Waals surface area contributed by atoms with E-state index < -0.39 is 49.2 Å². The monoisotopic (exact) mass is 362 g/mol. The molecular weight excluding hydrogens is 336 g/mol. The standard InChI is InChI=1S/C16H26O9/c1-2-8(9-3-4-23-15(22)10(9)5-17)7-24-16-14(21)13(20)12(19)11(6-18)25-16/h2,8-14,16-21H,1,3-7H2/t8?,9?,10?,11-,12-,13+,14-,16-/m1/s1. The number of aliphatic hydroxyl groups excluding tert-OH is 5. The first kappa shape index (κ1) is 20.2. The average Bonchev–Trinajstić information content (AvgIpc) is 2.62. The van der Waals surface area contributed by atoms with E-state index in [-0.39, 0.29) is 31.7 Å². The van der Waals surface area contributed by atoms with Gasteiger partial charge in [0.1, 0.15) is 24.4 Å². The highest BCUT2D eigenvalue weighted by Crippen LogP contribution is 2.32. The Kier molecular flexibility index (Phi) is 7.32. The van der Waals surface area contributed by atoms with Crippen LogP contribution in [0.1, 0.15) is 6.42 Å². The number of hydrogen-bond acceptors (Lipinski definition) is 9. The predicted molar refractivity (Wildman–Crippen MR) is 83.0 cm³/mol. The molecule has 2 heterocycles. The molecule has 5 N–H and O–H groups in total. The highest BCUT2D eigenvalue weighted by atomic mass is 16.7. The molecule has 9 nitrogen and oxygen atoms in total. The van der Waals surface area contributed by atoms with Crippen molar-refractivity contribution >= 4 is 5.97 Å². The molecule has 0 aromatic carbocycles. The molecule has 3 unspecified atom stereocenters. The third kappa shape index (κ3) is 4.37. The van der Waals surface area contributed by atoms with Gasteiger partial charge >= 0.3 is 5.97 Å². The maximum atomic E-state index is 11.8. The number of cyclic esters (lactones) is 1. The Morgan fingerprint density at radius 3 is 2.52 bits per heavy atom. The summed E-state index contributed by atoms with van der Waals surface area (Å²) in [4.78, 5) is 11.8. The summed E-state index contributed by atoms with van der Waals surface area (Å²) >= 11 is 0. The van der Waals surface area contributed by atoms with Gasteiger partial charge < -0.3 is 39.7 Å². The van der Waals surface area contributed by atoms with Crippen molar-refractivity contribution in [1.29, 1.82) is 0 Å². The summed E-state index contributed by atoms with van der Waals surface area (Å²) in [5, 5.41) is 48.1. The van der Waals surface area contributed by atoms with Crippen LogP contribution >= 0.6 is 0 Å². The zero-order valence-corrected chi connectivity index (χ0v) is 13.8. The van der Waals surface area contributed by atoms with E-state index in [0.717, 1.165) is 0 Å². The van der Waals surface area contributed by atoms with Gasteiger partial charge in [-0.05, 0) is 12.3 Å². The van der Waals surface area contributed by atoms with E-state index in [0.29, 0.717) is 6.42 Å². The Labute approximate surface area is 145 Å². The quantitative estimate of drug-likeness (QED) is 0.251. The summed E-state index contributed by atoms with van der Waals surface area (Å²) < 4.78 is 15.7. The first-order chi connectivity index (χ1) is 11.9. The third-order valence-corrected chi connectivity index (χ3v) is 4.87. The van der Waals surface area contributed by atoms with E-state index in [1.807, 2.05) is 0 Å². The summed E-state index contributed by atoms with van der Waals surface area (Å²) in [7, 11) is 0. The molecule has 0 amide bonds. The summed E-state index contributed by atoms with van der Waals surface area (Å²) in [5.41, 5.74) is 0. The molecule has 9 heteroatoms. The SMILES string of the molecule is C=CC(CO[C@@H]1O[C@H](CO)[C@@H](O)[C@H](O)[C@H]1O)C1CCOC(=O)C1CO. The van der Waals surface area contributed by atoms with Crippen molar-refractivity contribution in [1.82, 2.24) is 0 Å². The number of aliphatic hydroxyl groups is 5. The molecule has 0 spiro atoms. The van der Waals surface area contributed by atoms with Crippen molar-refractivity contribution in [2.45, 2.75) is 37.1 Å². The van der Waals surface area contributed by atoms with Crippen LogP contribution in [0.4, 0.5) is 0 Å². The van der Waals surface area contributed by atoms with Gasteiger partial charge in [0, 0.05) is 5.92 Å². The van der Waals surface area contributed by atoms with Gasteiger partial charge in [-0.1, -0.05) is 6.08 Å². The number of esters is 1. The Hall–Kier alpha value is -1.07. The van der Waals surface area contributed by atoms with Crippen LogP contribution in [0.2, 0.25) is 0 Å². The molecule has 2 aliphatic rings. The number of ether oxygens (including phenoxy) is 3. The van der Waals surface area contributed by atoms with Crippen LogP contribution in [-0.4, -0.2) is 88.6 Å². The molecule has 0 aromatic rings. The van der Waals surface area contributed by atoms with Crippen LogP contribution in [0, 0.1) is 17.8 Å². The first-order valence-electron chi connectivity index (χ1n) is 8.26. The molecule has 144 valence electrons. The molecular formula is C16H26O9. The second kappa shape index (κ2) is 9.04. The van der Waals surface area contributed by atoms with Gasteiger partial charge in [0.15, 0.2) is 6.29 Å². The summed E-state index contributed by atoms with van der Waals surface area (Å²) in [6.45, 7) is 3.08. The molecule has 0 aliphatic carbocycles. The van der Waals surface area contributed by atoms with Crippen molar-refractivity contribution in [3.05, 3.63) is 12.7 Å². The van der Waals surface area contributed by atoms with Gasteiger partial charge in [-0.25, -0.2) is 0 Å². The fourth-order valence-corrected chi connectivity index (χ4v) is 3.28. The van der Waals surface area contributed by atoms with Crippen molar-refractivity contribution in [3.8, 4) is 0 Å². The normalized spacial score (nSPS) is 40.4. The van der Waals surface area contributed by atoms with E-state index in [4.69, 9.17) is 14.2 Å². The largest absolute Gasteiger partial charge is 0.465 e. The molecule has 2 rings (SSSR count). The zero-order valence-electron chi connectivity index (χ0n) is 13.8. The van der Waals surface area contributed by atoms with Crippen molar-refractivity contribution in [3.63, 3.8) is 0 Å². The van der Waals surface area contributed by atoms with Crippen LogP contribution in [0.15, 0.2) is 12.7 Å². The van der Waals surface area contributed by atoms with E-state index in [1.165, 1.54) is 0 Å². The van der Waals surface area contributed by atoms with Crippen LogP contribution < -0.4 is 0 Å². The van der Waals surface area contributed by atoms with Crippen LogP contribution in [0.3, 0.4) is 0 Å². The van der Waals surface area contributed by atoms with Gasteiger partial charge in [-0.2, -0.15) is 0 Å². The molecule has 0 radical (unpaired) electrons. The Bertz CT molecular complexity index is 455. The fraction of sp³-hybridized carbons (Fsp3) is 0.812. The molecule has 0 aromatic heterocycles. The van der Waals surface area contributed by atoms with Crippen molar-refractivity contribution < 1.29 is 44.5 Å². The number of hydrogen-bond donors (Lipinski definition) is 5. The molecule has 25 heavy (non-hydrogen) atoms. The third-order valence-electron chi connectivity index (χ3n) is 4.87. The minimum absolute atomic E-state index is 0.0145. The second-order valence-electron chi connectivity index (χ2n) is 6.34. The maximum absolute atomic E-state index is 11.8. The lowest BCUT2D eigenvalue weighted by Crippen LogP contribution is -2.59. The van der Waals surface area contributed by atoms with E-state index in [2.05, 4.69) is 6.58 Å².